The maximum atomic E-state index is 12.3. The van der Waals surface area contributed by atoms with Crippen LogP contribution in [0.5, 0.6) is 0 Å². The van der Waals surface area contributed by atoms with Gasteiger partial charge in [0, 0.05) is 19.3 Å². The Labute approximate surface area is 279 Å². The Hall–Kier alpha value is -1.43. The average molecular weight is 638 g/mol. The summed E-state index contributed by atoms with van der Waals surface area (Å²) in [6, 6.07) is 0. The highest BCUT2D eigenvalue weighted by Crippen LogP contribution is 2.18. The minimum Gasteiger partial charge on any atom is -0.466 e. The van der Waals surface area contributed by atoms with Crippen molar-refractivity contribution in [3.63, 3.8) is 0 Å². The fourth-order valence-corrected chi connectivity index (χ4v) is 5.92. The van der Waals surface area contributed by atoms with E-state index < -0.39 is 0 Å². The predicted octanol–water partition coefficient (Wildman–Crippen LogP) is 10.8. The standard InChI is InChI=1S/C39H75NO5/c1-5-7-9-11-13-15-17-19-21-23-25-27-38(42)44-33-31-36(29-30-37(41)35-40(3)4)32-34-45-39(43)28-26-24-22-20-18-16-14-12-10-8-6-2/h36H,5-35H2,1-4H3. The lowest BCUT2D eigenvalue weighted by Crippen LogP contribution is -2.22. The number of esters is 2. The van der Waals surface area contributed by atoms with Crippen LogP contribution in [0.15, 0.2) is 0 Å². The summed E-state index contributed by atoms with van der Waals surface area (Å²) in [6.07, 6.45) is 31.4. The molecule has 0 rings (SSSR count). The quantitative estimate of drug-likeness (QED) is 0.0508. The van der Waals surface area contributed by atoms with Gasteiger partial charge in [-0.2, -0.15) is 0 Å². The second-order valence-corrected chi connectivity index (χ2v) is 13.8. The lowest BCUT2D eigenvalue weighted by Gasteiger charge is -2.17. The van der Waals surface area contributed by atoms with Gasteiger partial charge in [0.25, 0.3) is 0 Å². The van der Waals surface area contributed by atoms with Crippen LogP contribution in [-0.4, -0.2) is 56.5 Å². The molecule has 0 aromatic carbocycles. The SMILES string of the molecule is CCCCCCCCCCCCCC(=O)OCCC(CCOC(=O)CCCCCCCCCCCCC)CCC(=O)CN(C)C. The number of ether oxygens (including phenoxy) is 2. The molecule has 0 atom stereocenters. The van der Waals surface area contributed by atoms with E-state index in [1.807, 2.05) is 19.0 Å². The molecule has 6 nitrogen and oxygen atoms in total. The summed E-state index contributed by atoms with van der Waals surface area (Å²) in [6.45, 7) is 5.69. The van der Waals surface area contributed by atoms with Crippen molar-refractivity contribution in [1.29, 1.82) is 0 Å². The van der Waals surface area contributed by atoms with Crippen molar-refractivity contribution in [2.75, 3.05) is 33.9 Å². The largest absolute Gasteiger partial charge is 0.466 e. The van der Waals surface area contributed by atoms with E-state index >= 15 is 0 Å². The van der Waals surface area contributed by atoms with Gasteiger partial charge < -0.3 is 14.4 Å². The van der Waals surface area contributed by atoms with Gasteiger partial charge in [-0.1, -0.05) is 142 Å². The van der Waals surface area contributed by atoms with Gasteiger partial charge in [0.15, 0.2) is 0 Å². The number of hydrogen-bond donors (Lipinski definition) is 0. The Balaban J connectivity index is 4.07. The smallest absolute Gasteiger partial charge is 0.305 e. The Bertz CT molecular complexity index is 636. The minimum absolute atomic E-state index is 0.119. The molecule has 0 aromatic heterocycles. The van der Waals surface area contributed by atoms with E-state index in [0.29, 0.717) is 51.9 Å². The molecule has 0 unspecified atom stereocenters. The minimum atomic E-state index is -0.119. The van der Waals surface area contributed by atoms with Crippen molar-refractivity contribution in [2.45, 2.75) is 194 Å². The summed E-state index contributed by atoms with van der Waals surface area (Å²) in [7, 11) is 3.80. The van der Waals surface area contributed by atoms with E-state index in [4.69, 9.17) is 9.47 Å². The number of rotatable bonds is 35. The van der Waals surface area contributed by atoms with E-state index in [0.717, 1.165) is 32.1 Å². The topological polar surface area (TPSA) is 72.9 Å². The molecular formula is C39H75NO5. The van der Waals surface area contributed by atoms with Gasteiger partial charge in [0.1, 0.15) is 5.78 Å². The highest BCUT2D eigenvalue weighted by molar-refractivity contribution is 5.80. The molecule has 0 aliphatic carbocycles. The van der Waals surface area contributed by atoms with Crippen molar-refractivity contribution < 1.29 is 23.9 Å². The molecule has 0 N–H and O–H groups in total. The van der Waals surface area contributed by atoms with Gasteiger partial charge in [-0.15, -0.1) is 0 Å². The molecular weight excluding hydrogens is 562 g/mol. The van der Waals surface area contributed by atoms with Crippen LogP contribution in [0, 0.1) is 5.92 Å². The number of hydrogen-bond acceptors (Lipinski definition) is 6. The van der Waals surface area contributed by atoms with E-state index in [2.05, 4.69) is 13.8 Å². The van der Waals surface area contributed by atoms with Gasteiger partial charge in [0.05, 0.1) is 19.8 Å². The number of likely N-dealkylation sites (N-methyl/N-ethyl adjacent to an activating group) is 1. The Kier molecular flexibility index (Phi) is 32.8. The second kappa shape index (κ2) is 33.9. The highest BCUT2D eigenvalue weighted by Gasteiger charge is 2.15. The Morgan fingerprint density at radius 3 is 1.13 bits per heavy atom. The molecule has 0 bridgehead atoms. The lowest BCUT2D eigenvalue weighted by atomic mass is 9.95. The van der Waals surface area contributed by atoms with Crippen LogP contribution in [0.2, 0.25) is 0 Å². The predicted molar refractivity (Wildman–Crippen MR) is 190 cm³/mol. The molecule has 45 heavy (non-hydrogen) atoms. The van der Waals surface area contributed by atoms with Crippen LogP contribution < -0.4 is 0 Å². The van der Waals surface area contributed by atoms with Crippen molar-refractivity contribution in [2.24, 2.45) is 5.92 Å². The molecule has 0 spiro atoms. The fourth-order valence-electron chi connectivity index (χ4n) is 5.92. The molecule has 266 valence electrons. The van der Waals surface area contributed by atoms with Gasteiger partial charge in [-0.3, -0.25) is 14.4 Å². The monoisotopic (exact) mass is 638 g/mol. The lowest BCUT2D eigenvalue weighted by molar-refractivity contribution is -0.144. The zero-order valence-corrected chi connectivity index (χ0v) is 30.5. The molecule has 6 heteroatoms. The maximum absolute atomic E-state index is 12.3. The molecule has 0 amide bonds. The molecule has 0 aromatic rings. The summed E-state index contributed by atoms with van der Waals surface area (Å²) < 4.78 is 11.1. The van der Waals surface area contributed by atoms with E-state index in [1.54, 1.807) is 0 Å². The number of carbonyl (C=O) groups excluding carboxylic acids is 3. The fraction of sp³-hybridized carbons (Fsp3) is 0.923. The summed E-state index contributed by atoms with van der Waals surface area (Å²) in [5, 5.41) is 0. The number of ketones is 1. The molecule has 0 heterocycles. The Morgan fingerprint density at radius 1 is 0.467 bits per heavy atom. The van der Waals surface area contributed by atoms with E-state index in [9.17, 15) is 14.4 Å². The summed E-state index contributed by atoms with van der Waals surface area (Å²) >= 11 is 0. The summed E-state index contributed by atoms with van der Waals surface area (Å²) in [4.78, 5) is 38.7. The molecule has 0 aliphatic heterocycles. The first kappa shape index (κ1) is 43.6. The van der Waals surface area contributed by atoms with Crippen molar-refractivity contribution >= 4 is 17.7 Å². The van der Waals surface area contributed by atoms with Gasteiger partial charge in [-0.05, 0) is 52.1 Å². The van der Waals surface area contributed by atoms with Crippen LogP contribution >= 0.6 is 0 Å². The number of nitrogens with zero attached hydrogens (tertiary/aromatic N) is 1. The second-order valence-electron chi connectivity index (χ2n) is 13.8. The van der Waals surface area contributed by atoms with Gasteiger partial charge in [0.2, 0.25) is 0 Å². The normalized spacial score (nSPS) is 11.4. The molecule has 0 aliphatic rings. The Morgan fingerprint density at radius 2 is 0.800 bits per heavy atom. The first-order valence-electron chi connectivity index (χ1n) is 19.4. The zero-order chi connectivity index (χ0) is 33.2. The van der Waals surface area contributed by atoms with Crippen LogP contribution in [0.25, 0.3) is 0 Å². The van der Waals surface area contributed by atoms with E-state index in [1.165, 1.54) is 116 Å². The first-order chi connectivity index (χ1) is 21.9. The highest BCUT2D eigenvalue weighted by atomic mass is 16.5. The van der Waals surface area contributed by atoms with Crippen molar-refractivity contribution in [3.05, 3.63) is 0 Å². The van der Waals surface area contributed by atoms with Crippen LogP contribution in [-0.2, 0) is 23.9 Å². The van der Waals surface area contributed by atoms with Crippen molar-refractivity contribution in [3.8, 4) is 0 Å². The summed E-state index contributed by atoms with van der Waals surface area (Å²) in [5.74, 6) is 0.172. The molecule has 0 saturated heterocycles. The van der Waals surface area contributed by atoms with Crippen molar-refractivity contribution in [1.82, 2.24) is 4.90 Å². The molecule has 0 saturated carbocycles. The third-order valence-electron chi connectivity index (χ3n) is 8.87. The number of carbonyl (C=O) groups is 3. The van der Waals surface area contributed by atoms with Crippen LogP contribution in [0.1, 0.15) is 194 Å². The number of Topliss-reactive ketones (excluding diaryl/α,β-unsaturated/α-hetero) is 1. The maximum Gasteiger partial charge on any atom is 0.305 e. The van der Waals surface area contributed by atoms with Crippen LogP contribution in [0.4, 0.5) is 0 Å². The van der Waals surface area contributed by atoms with Gasteiger partial charge >= 0.3 is 11.9 Å². The average Bonchev–Trinajstić information content (AvgIpc) is 3.00. The number of unbranched alkanes of at least 4 members (excludes halogenated alkanes) is 20. The summed E-state index contributed by atoms with van der Waals surface area (Å²) in [5.41, 5.74) is 0. The third-order valence-corrected chi connectivity index (χ3v) is 8.87. The van der Waals surface area contributed by atoms with E-state index in [-0.39, 0.29) is 23.6 Å². The molecule has 0 radical (unpaired) electrons. The third kappa shape index (κ3) is 33.7. The zero-order valence-electron chi connectivity index (χ0n) is 30.5. The first-order valence-corrected chi connectivity index (χ1v) is 19.4. The van der Waals surface area contributed by atoms with Crippen LogP contribution in [0.3, 0.4) is 0 Å². The van der Waals surface area contributed by atoms with Gasteiger partial charge in [-0.25, -0.2) is 0 Å². The molecule has 0 fully saturated rings.